The molecule has 0 bridgehead atoms. The molecule has 2 nitrogen and oxygen atoms in total. The van der Waals surface area contributed by atoms with Crippen molar-refractivity contribution in [3.05, 3.63) is 0 Å². The number of hydrogen-bond donors (Lipinski definition) is 1. The van der Waals surface area contributed by atoms with Gasteiger partial charge in [-0.2, -0.15) is 0 Å². The minimum Gasteiger partial charge on any atom is -0.315 e. The van der Waals surface area contributed by atoms with Gasteiger partial charge in [0.2, 0.25) is 0 Å². The van der Waals surface area contributed by atoms with Crippen LogP contribution in [0.2, 0.25) is 0 Å². The Bertz CT molecular complexity index is 213. The molecule has 0 aromatic heterocycles. The maximum absolute atomic E-state index is 3.62. The lowest BCUT2D eigenvalue weighted by Gasteiger charge is -2.43. The highest BCUT2D eigenvalue weighted by Gasteiger charge is 2.32. The van der Waals surface area contributed by atoms with Gasteiger partial charge in [-0.1, -0.05) is 46.5 Å². The van der Waals surface area contributed by atoms with Gasteiger partial charge in [-0.05, 0) is 51.2 Å². The molecule has 114 valence electrons. The summed E-state index contributed by atoms with van der Waals surface area (Å²) in [5.74, 6) is 0. The van der Waals surface area contributed by atoms with Crippen LogP contribution < -0.4 is 5.32 Å². The van der Waals surface area contributed by atoms with E-state index in [9.17, 15) is 0 Å². The fourth-order valence-corrected chi connectivity index (χ4v) is 3.34. The van der Waals surface area contributed by atoms with Gasteiger partial charge in [-0.3, -0.25) is 4.90 Å². The summed E-state index contributed by atoms with van der Waals surface area (Å²) in [4.78, 5) is 2.69. The molecule has 1 aliphatic rings. The molecule has 19 heavy (non-hydrogen) atoms. The molecule has 0 radical (unpaired) electrons. The molecule has 2 heteroatoms. The normalized spacial score (nSPS) is 21.5. The monoisotopic (exact) mass is 268 g/mol. The standard InChI is InChI=1S/C17H36N2/c1-5-8-9-12-18-15-16(4)19-13-10-17(6-2,7-3)11-14-19/h16,18H,5-15H2,1-4H3. The molecule has 1 saturated heterocycles. The largest absolute Gasteiger partial charge is 0.315 e. The van der Waals surface area contributed by atoms with Crippen molar-refractivity contribution in [2.24, 2.45) is 5.41 Å². The summed E-state index contributed by atoms with van der Waals surface area (Å²) in [7, 11) is 0. The first kappa shape index (κ1) is 17.0. The van der Waals surface area contributed by atoms with Crippen molar-refractivity contribution in [2.75, 3.05) is 26.2 Å². The van der Waals surface area contributed by atoms with Crippen molar-refractivity contribution in [3.8, 4) is 0 Å². The smallest absolute Gasteiger partial charge is 0.0192 e. The quantitative estimate of drug-likeness (QED) is 0.635. The van der Waals surface area contributed by atoms with Crippen LogP contribution in [0.4, 0.5) is 0 Å². The minimum atomic E-state index is 0.658. The molecule has 1 heterocycles. The molecule has 1 N–H and O–H groups in total. The van der Waals surface area contributed by atoms with Gasteiger partial charge < -0.3 is 5.32 Å². The summed E-state index contributed by atoms with van der Waals surface area (Å²) in [5, 5.41) is 3.62. The van der Waals surface area contributed by atoms with E-state index in [1.165, 1.54) is 64.6 Å². The average molecular weight is 268 g/mol. The zero-order chi connectivity index (χ0) is 14.1. The molecule has 0 amide bonds. The van der Waals surface area contributed by atoms with E-state index in [0.717, 1.165) is 6.54 Å². The second-order valence-corrected chi connectivity index (χ2v) is 6.50. The van der Waals surface area contributed by atoms with Gasteiger partial charge in [0.05, 0.1) is 0 Å². The van der Waals surface area contributed by atoms with Gasteiger partial charge in [0.1, 0.15) is 0 Å². The summed E-state index contributed by atoms with van der Waals surface area (Å²) in [5.41, 5.74) is 0.658. The number of nitrogens with one attached hydrogen (secondary N) is 1. The van der Waals surface area contributed by atoms with Crippen molar-refractivity contribution < 1.29 is 0 Å². The van der Waals surface area contributed by atoms with Crippen LogP contribution in [0, 0.1) is 5.41 Å². The maximum Gasteiger partial charge on any atom is 0.0192 e. The first-order valence-electron chi connectivity index (χ1n) is 8.62. The highest BCUT2D eigenvalue weighted by Crippen LogP contribution is 2.38. The predicted molar refractivity (Wildman–Crippen MR) is 85.7 cm³/mol. The van der Waals surface area contributed by atoms with E-state index in [0.29, 0.717) is 11.5 Å². The molecule has 0 aromatic rings. The minimum absolute atomic E-state index is 0.658. The van der Waals surface area contributed by atoms with E-state index >= 15 is 0 Å². The van der Waals surface area contributed by atoms with Crippen LogP contribution in [0.25, 0.3) is 0 Å². The van der Waals surface area contributed by atoms with Crippen LogP contribution in [0.15, 0.2) is 0 Å². The lowest BCUT2D eigenvalue weighted by molar-refractivity contribution is 0.0710. The Morgan fingerprint density at radius 1 is 1.05 bits per heavy atom. The summed E-state index contributed by atoms with van der Waals surface area (Å²) in [6.45, 7) is 14.4. The zero-order valence-corrected chi connectivity index (χ0v) is 13.8. The highest BCUT2D eigenvalue weighted by molar-refractivity contribution is 4.86. The summed E-state index contributed by atoms with van der Waals surface area (Å²) < 4.78 is 0. The number of unbranched alkanes of at least 4 members (excludes halogenated alkanes) is 2. The number of hydrogen-bond acceptors (Lipinski definition) is 2. The number of likely N-dealkylation sites (tertiary alicyclic amines) is 1. The molecule has 1 atom stereocenters. The van der Waals surface area contributed by atoms with Gasteiger partial charge in [0.15, 0.2) is 0 Å². The molecular weight excluding hydrogens is 232 g/mol. The second kappa shape index (κ2) is 8.97. The van der Waals surface area contributed by atoms with Crippen LogP contribution in [0.1, 0.15) is 72.6 Å². The van der Waals surface area contributed by atoms with Crippen molar-refractivity contribution in [1.82, 2.24) is 10.2 Å². The predicted octanol–water partition coefficient (Wildman–Crippen LogP) is 4.06. The van der Waals surface area contributed by atoms with Gasteiger partial charge in [-0.25, -0.2) is 0 Å². The topological polar surface area (TPSA) is 15.3 Å². The van der Waals surface area contributed by atoms with E-state index in [2.05, 4.69) is 37.9 Å². The Hall–Kier alpha value is -0.0800. The summed E-state index contributed by atoms with van der Waals surface area (Å²) >= 11 is 0. The molecular formula is C17H36N2. The molecule has 0 spiro atoms. The van der Waals surface area contributed by atoms with Crippen LogP contribution in [-0.4, -0.2) is 37.1 Å². The number of piperidine rings is 1. The van der Waals surface area contributed by atoms with Gasteiger partial charge in [0.25, 0.3) is 0 Å². The third kappa shape index (κ3) is 5.43. The first-order chi connectivity index (χ1) is 9.17. The van der Waals surface area contributed by atoms with E-state index in [4.69, 9.17) is 0 Å². The second-order valence-electron chi connectivity index (χ2n) is 6.50. The van der Waals surface area contributed by atoms with Gasteiger partial charge >= 0.3 is 0 Å². The molecule has 1 rings (SSSR count). The van der Waals surface area contributed by atoms with Crippen molar-refractivity contribution in [2.45, 2.75) is 78.7 Å². The molecule has 1 fully saturated rings. The fourth-order valence-electron chi connectivity index (χ4n) is 3.34. The van der Waals surface area contributed by atoms with Crippen LogP contribution in [-0.2, 0) is 0 Å². The Morgan fingerprint density at radius 2 is 1.68 bits per heavy atom. The molecule has 1 unspecified atom stereocenters. The van der Waals surface area contributed by atoms with Gasteiger partial charge in [0, 0.05) is 12.6 Å². The van der Waals surface area contributed by atoms with E-state index in [-0.39, 0.29) is 0 Å². The van der Waals surface area contributed by atoms with Crippen molar-refractivity contribution in [1.29, 1.82) is 0 Å². The SMILES string of the molecule is CCCCCNCC(C)N1CCC(CC)(CC)CC1. The summed E-state index contributed by atoms with van der Waals surface area (Å²) in [6.07, 6.45) is 9.54. The highest BCUT2D eigenvalue weighted by atomic mass is 15.2. The Morgan fingerprint density at radius 3 is 2.21 bits per heavy atom. The average Bonchev–Trinajstić information content (AvgIpc) is 2.47. The molecule has 0 saturated carbocycles. The molecule has 1 aliphatic heterocycles. The van der Waals surface area contributed by atoms with Crippen molar-refractivity contribution >= 4 is 0 Å². The Kier molecular flexibility index (Phi) is 8.01. The third-order valence-electron chi connectivity index (χ3n) is 5.38. The van der Waals surface area contributed by atoms with Crippen LogP contribution in [0.5, 0.6) is 0 Å². The fraction of sp³-hybridized carbons (Fsp3) is 1.00. The zero-order valence-electron chi connectivity index (χ0n) is 13.8. The number of nitrogens with zero attached hydrogens (tertiary/aromatic N) is 1. The lowest BCUT2D eigenvalue weighted by Crippen LogP contribution is -2.47. The van der Waals surface area contributed by atoms with Crippen molar-refractivity contribution in [3.63, 3.8) is 0 Å². The third-order valence-corrected chi connectivity index (χ3v) is 5.38. The first-order valence-corrected chi connectivity index (χ1v) is 8.62. The van der Waals surface area contributed by atoms with E-state index in [1.807, 2.05) is 0 Å². The van der Waals surface area contributed by atoms with Crippen LogP contribution in [0.3, 0.4) is 0 Å². The molecule has 0 aliphatic carbocycles. The lowest BCUT2D eigenvalue weighted by atomic mass is 9.74. The molecule has 0 aromatic carbocycles. The van der Waals surface area contributed by atoms with E-state index in [1.54, 1.807) is 0 Å². The number of rotatable bonds is 9. The summed E-state index contributed by atoms with van der Waals surface area (Å²) in [6, 6.07) is 0.702. The van der Waals surface area contributed by atoms with Crippen LogP contribution >= 0.6 is 0 Å². The van der Waals surface area contributed by atoms with Gasteiger partial charge in [-0.15, -0.1) is 0 Å². The van der Waals surface area contributed by atoms with E-state index < -0.39 is 0 Å². The Balaban J connectivity index is 2.19. The Labute approximate surface area is 121 Å². The maximum atomic E-state index is 3.62.